The lowest BCUT2D eigenvalue weighted by Crippen LogP contribution is -2.50. The van der Waals surface area contributed by atoms with E-state index in [1.807, 2.05) is 61.5 Å². The fraction of sp³-hybridized carbons (Fsp3) is 0.308. The van der Waals surface area contributed by atoms with Crippen molar-refractivity contribution in [2.45, 2.75) is 10.9 Å². The summed E-state index contributed by atoms with van der Waals surface area (Å²) < 4.78 is 56.0. The van der Waals surface area contributed by atoms with Gasteiger partial charge in [0.2, 0.25) is 10.0 Å². The summed E-state index contributed by atoms with van der Waals surface area (Å²) in [6.45, 7) is 3.07. The van der Waals surface area contributed by atoms with Crippen LogP contribution >= 0.6 is 0 Å². The quantitative estimate of drug-likeness (QED) is 0.509. The minimum absolute atomic E-state index is 0.0327. The van der Waals surface area contributed by atoms with Crippen LogP contribution in [0.1, 0.15) is 11.6 Å². The number of nitrogens with zero attached hydrogens (tertiary/aromatic N) is 3. The van der Waals surface area contributed by atoms with E-state index in [4.69, 9.17) is 0 Å². The average molecular weight is 501 g/mol. The molecule has 0 radical (unpaired) electrons. The number of para-hydroxylation sites is 1. The van der Waals surface area contributed by atoms with E-state index in [1.165, 1.54) is 0 Å². The van der Waals surface area contributed by atoms with Gasteiger partial charge >= 0.3 is 0 Å². The number of anilines is 2. The van der Waals surface area contributed by atoms with Gasteiger partial charge in [-0.25, -0.2) is 21.9 Å². The van der Waals surface area contributed by atoms with Gasteiger partial charge in [-0.1, -0.05) is 30.3 Å². The van der Waals surface area contributed by atoms with E-state index in [2.05, 4.69) is 26.7 Å². The molecule has 1 aliphatic rings. The van der Waals surface area contributed by atoms with E-state index in [0.29, 0.717) is 6.07 Å². The Hall–Kier alpha value is -3.01. The van der Waals surface area contributed by atoms with Gasteiger partial charge in [0.25, 0.3) is 0 Å². The topological polar surface area (TPSA) is 55.9 Å². The average Bonchev–Trinajstić information content (AvgIpc) is 2.86. The molecular formula is C26H30F2N4O2S. The molecule has 3 aromatic rings. The van der Waals surface area contributed by atoms with E-state index in [-0.39, 0.29) is 12.6 Å². The molecule has 0 saturated carbocycles. The maximum atomic E-state index is 14.2. The molecule has 9 heteroatoms. The first kappa shape index (κ1) is 25.1. The van der Waals surface area contributed by atoms with Gasteiger partial charge in [-0.2, -0.15) is 0 Å². The summed E-state index contributed by atoms with van der Waals surface area (Å²) in [5.74, 6) is -1.79. The molecular weight excluding hydrogens is 470 g/mol. The zero-order valence-corrected chi connectivity index (χ0v) is 20.7. The van der Waals surface area contributed by atoms with E-state index in [1.54, 1.807) is 0 Å². The molecule has 6 nitrogen and oxygen atoms in total. The predicted octanol–water partition coefficient (Wildman–Crippen LogP) is 3.87. The van der Waals surface area contributed by atoms with Crippen LogP contribution in [0.2, 0.25) is 0 Å². The van der Waals surface area contributed by atoms with Crippen molar-refractivity contribution in [2.24, 2.45) is 0 Å². The molecule has 0 aliphatic carbocycles. The SMILES string of the molecule is CN(C)c1ccc(C(CNS(=O)(=O)c2cc(F)ccc2F)N2CCN(c3ccccc3)CC2)cc1. The van der Waals surface area contributed by atoms with Crippen molar-refractivity contribution >= 4 is 21.4 Å². The summed E-state index contributed by atoms with van der Waals surface area (Å²) in [5, 5.41) is 0. The highest BCUT2D eigenvalue weighted by molar-refractivity contribution is 7.89. The number of sulfonamides is 1. The van der Waals surface area contributed by atoms with Crippen molar-refractivity contribution in [2.75, 3.05) is 56.6 Å². The predicted molar refractivity (Wildman–Crippen MR) is 135 cm³/mol. The minimum Gasteiger partial charge on any atom is -0.378 e. The standard InChI is InChI=1S/C26H30F2N4O2S/c1-30(2)22-11-8-20(9-12-22)25(19-29-35(33,34)26-18-21(27)10-13-24(26)28)32-16-14-31(15-17-32)23-6-4-3-5-7-23/h3-13,18,25,29H,14-17,19H2,1-2H3. The van der Waals surface area contributed by atoms with Crippen molar-refractivity contribution in [1.82, 2.24) is 9.62 Å². The van der Waals surface area contributed by atoms with Crippen LogP contribution < -0.4 is 14.5 Å². The molecule has 3 aromatic carbocycles. The van der Waals surface area contributed by atoms with E-state index < -0.39 is 26.6 Å². The third-order valence-corrected chi connectivity index (χ3v) is 7.76. The minimum atomic E-state index is -4.24. The zero-order chi connectivity index (χ0) is 25.0. The van der Waals surface area contributed by atoms with E-state index in [9.17, 15) is 17.2 Å². The second-order valence-corrected chi connectivity index (χ2v) is 10.5. The Morgan fingerprint density at radius 1 is 0.914 bits per heavy atom. The first-order valence-corrected chi connectivity index (χ1v) is 13.0. The molecule has 0 spiro atoms. The molecule has 186 valence electrons. The van der Waals surface area contributed by atoms with Gasteiger partial charge in [0.1, 0.15) is 16.5 Å². The molecule has 1 N–H and O–H groups in total. The van der Waals surface area contributed by atoms with Gasteiger partial charge in [0.15, 0.2) is 0 Å². The Morgan fingerprint density at radius 2 is 1.57 bits per heavy atom. The van der Waals surface area contributed by atoms with Crippen molar-refractivity contribution in [3.05, 3.63) is 90.0 Å². The largest absolute Gasteiger partial charge is 0.378 e. The molecule has 0 aromatic heterocycles. The lowest BCUT2D eigenvalue weighted by Gasteiger charge is -2.40. The summed E-state index contributed by atoms with van der Waals surface area (Å²) in [5.41, 5.74) is 3.14. The molecule has 1 atom stereocenters. The number of piperazine rings is 1. The highest BCUT2D eigenvalue weighted by atomic mass is 32.2. The van der Waals surface area contributed by atoms with Crippen molar-refractivity contribution in [1.29, 1.82) is 0 Å². The molecule has 0 bridgehead atoms. The van der Waals surface area contributed by atoms with Crippen LogP contribution in [0.5, 0.6) is 0 Å². The van der Waals surface area contributed by atoms with Crippen LogP contribution in [0, 0.1) is 11.6 Å². The Kier molecular flexibility index (Phi) is 7.69. The van der Waals surface area contributed by atoms with Crippen LogP contribution in [0.15, 0.2) is 77.7 Å². The van der Waals surface area contributed by atoms with Gasteiger partial charge in [-0.15, -0.1) is 0 Å². The van der Waals surface area contributed by atoms with Crippen LogP contribution in [-0.2, 0) is 10.0 Å². The number of benzene rings is 3. The van der Waals surface area contributed by atoms with Gasteiger partial charge < -0.3 is 9.80 Å². The maximum absolute atomic E-state index is 14.2. The number of hydrogen-bond acceptors (Lipinski definition) is 5. The van der Waals surface area contributed by atoms with Gasteiger partial charge in [0, 0.05) is 64.2 Å². The van der Waals surface area contributed by atoms with Crippen LogP contribution in [0.3, 0.4) is 0 Å². The lowest BCUT2D eigenvalue weighted by molar-refractivity contribution is 0.187. The van der Waals surface area contributed by atoms with Crippen molar-refractivity contribution < 1.29 is 17.2 Å². The number of rotatable bonds is 8. The van der Waals surface area contributed by atoms with E-state index >= 15 is 0 Å². The summed E-state index contributed by atoms with van der Waals surface area (Å²) in [7, 11) is -0.330. The summed E-state index contributed by atoms with van der Waals surface area (Å²) in [4.78, 5) is 5.84. The number of nitrogens with one attached hydrogen (secondary N) is 1. The molecule has 1 heterocycles. The first-order valence-electron chi connectivity index (χ1n) is 11.5. The first-order chi connectivity index (χ1) is 16.7. The van der Waals surface area contributed by atoms with Crippen LogP contribution in [-0.4, -0.2) is 60.1 Å². The van der Waals surface area contributed by atoms with Gasteiger partial charge in [0.05, 0.1) is 0 Å². The maximum Gasteiger partial charge on any atom is 0.243 e. The Bertz CT molecular complexity index is 1230. The number of hydrogen-bond donors (Lipinski definition) is 1. The molecule has 0 amide bonds. The number of halogens is 2. The molecule has 1 fully saturated rings. The second-order valence-electron chi connectivity index (χ2n) is 8.79. The third kappa shape index (κ3) is 5.98. The molecule has 1 saturated heterocycles. The second kappa shape index (κ2) is 10.7. The Morgan fingerprint density at radius 3 is 2.20 bits per heavy atom. The van der Waals surface area contributed by atoms with Gasteiger partial charge in [-0.05, 0) is 48.0 Å². The van der Waals surface area contributed by atoms with E-state index in [0.717, 1.165) is 55.2 Å². The fourth-order valence-corrected chi connectivity index (χ4v) is 5.46. The summed E-state index contributed by atoms with van der Waals surface area (Å²) in [6.07, 6.45) is 0. The third-order valence-electron chi connectivity index (χ3n) is 6.32. The monoisotopic (exact) mass is 500 g/mol. The molecule has 1 aliphatic heterocycles. The Labute approximate surface area is 205 Å². The lowest BCUT2D eigenvalue weighted by atomic mass is 10.0. The normalized spacial score (nSPS) is 15.7. The summed E-state index contributed by atoms with van der Waals surface area (Å²) in [6, 6.07) is 20.3. The van der Waals surface area contributed by atoms with Gasteiger partial charge in [-0.3, -0.25) is 4.90 Å². The smallest absolute Gasteiger partial charge is 0.243 e. The molecule has 1 unspecified atom stereocenters. The molecule has 35 heavy (non-hydrogen) atoms. The fourth-order valence-electron chi connectivity index (χ4n) is 4.33. The molecule has 4 rings (SSSR count). The Balaban J connectivity index is 1.54. The highest BCUT2D eigenvalue weighted by Gasteiger charge is 2.28. The van der Waals surface area contributed by atoms with Crippen molar-refractivity contribution in [3.63, 3.8) is 0 Å². The zero-order valence-electron chi connectivity index (χ0n) is 19.9. The highest BCUT2D eigenvalue weighted by Crippen LogP contribution is 2.26. The van der Waals surface area contributed by atoms with Crippen LogP contribution in [0.25, 0.3) is 0 Å². The van der Waals surface area contributed by atoms with Crippen LogP contribution in [0.4, 0.5) is 20.2 Å². The summed E-state index contributed by atoms with van der Waals surface area (Å²) >= 11 is 0. The van der Waals surface area contributed by atoms with Crippen molar-refractivity contribution in [3.8, 4) is 0 Å².